The van der Waals surface area contributed by atoms with Crippen LogP contribution in [-0.2, 0) is 35.6 Å². The fourth-order valence-corrected chi connectivity index (χ4v) is 5.97. The number of carbonyl (C=O) groups is 1. The number of aliphatic hydroxyl groups excluding tert-OH is 1. The zero-order valence-electron chi connectivity index (χ0n) is 17.1. The molecule has 2 heterocycles. The van der Waals surface area contributed by atoms with Crippen molar-refractivity contribution in [1.29, 1.82) is 0 Å². The van der Waals surface area contributed by atoms with Gasteiger partial charge >= 0.3 is 12.6 Å². The number of hydrogen-bond donors (Lipinski definition) is 3. The van der Waals surface area contributed by atoms with Crippen molar-refractivity contribution in [3.05, 3.63) is 33.9 Å². The first-order valence-corrected chi connectivity index (χ1v) is 12.1. The molecule has 0 fully saturated rings. The first kappa shape index (κ1) is 21.3. The van der Waals surface area contributed by atoms with Crippen molar-refractivity contribution >= 4 is 21.6 Å². The number of aliphatic hydroxyl groups is 1. The quantitative estimate of drug-likeness (QED) is 0.639. The average molecular weight is 467 g/mol. The summed E-state index contributed by atoms with van der Waals surface area (Å²) in [4.78, 5) is 12.8. The summed E-state index contributed by atoms with van der Waals surface area (Å²) in [6.07, 6.45) is 3.92. The molecule has 2 unspecified atom stereocenters. The third kappa shape index (κ3) is 3.46. The molecule has 5 rings (SSSR count). The number of nitrogens with zero attached hydrogens (tertiary/aromatic N) is 3. The van der Waals surface area contributed by atoms with Crippen LogP contribution in [0.25, 0.3) is 0 Å². The Morgan fingerprint density at radius 3 is 2.84 bits per heavy atom. The van der Waals surface area contributed by atoms with E-state index in [4.69, 9.17) is 9.88 Å². The van der Waals surface area contributed by atoms with Gasteiger partial charge in [-0.3, -0.25) is 0 Å². The predicted octanol–water partition coefficient (Wildman–Crippen LogP) is 3.00. The summed E-state index contributed by atoms with van der Waals surface area (Å²) in [6.45, 7) is -2.79. The Morgan fingerprint density at radius 1 is 1.28 bits per heavy atom. The van der Waals surface area contributed by atoms with Crippen molar-refractivity contribution < 1.29 is 27.6 Å². The number of aryl methyl sites for hydroxylation is 1. The molecule has 1 aromatic heterocycles. The lowest BCUT2D eigenvalue weighted by atomic mass is 9.98. The van der Waals surface area contributed by atoms with Gasteiger partial charge in [0.25, 0.3) is 0 Å². The molecule has 2 aromatic rings. The first-order chi connectivity index (χ1) is 15.3. The van der Waals surface area contributed by atoms with Crippen molar-refractivity contribution in [3.63, 3.8) is 0 Å². The molecular formula is C20H23F2N5O4S. The minimum Gasteiger partial charge on any atom is -0.477 e. The molecule has 2 atom stereocenters. The van der Waals surface area contributed by atoms with Crippen LogP contribution in [0.1, 0.15) is 59.7 Å². The average Bonchev–Trinajstić information content (AvgIpc) is 3.45. The molecule has 0 saturated carbocycles. The van der Waals surface area contributed by atoms with Gasteiger partial charge in [-0.1, -0.05) is 6.07 Å². The van der Waals surface area contributed by atoms with Crippen LogP contribution >= 0.6 is 0 Å². The van der Waals surface area contributed by atoms with E-state index in [1.165, 1.54) is 0 Å². The number of nitrogens with one attached hydrogen (secondary N) is 1. The number of alkyl halides is 2. The van der Waals surface area contributed by atoms with E-state index >= 15 is 0 Å². The fourth-order valence-electron chi connectivity index (χ4n) is 4.85. The van der Waals surface area contributed by atoms with Crippen LogP contribution < -0.4 is 15.2 Å². The van der Waals surface area contributed by atoms with Crippen molar-refractivity contribution in [2.45, 2.75) is 62.6 Å². The van der Waals surface area contributed by atoms with E-state index in [9.17, 15) is 22.9 Å². The molecule has 3 aliphatic rings. The Kier molecular flexibility index (Phi) is 5.18. The number of rotatable bonds is 3. The monoisotopic (exact) mass is 467 g/mol. The highest BCUT2D eigenvalue weighted by atomic mass is 32.2. The van der Waals surface area contributed by atoms with E-state index < -0.39 is 28.6 Å². The standard InChI is InChI=1S/C20H23F2N5O4S/c21-19(22)27-18-13(5-2-8-31-18)17(25-27)32(23,30)26-20(29)24-16-11-4-1-3-10(11)9-14-12(16)6-7-15(14)28/h9,15,19,28H,1-8H2,(H3,23,24,26,29,30). The minimum atomic E-state index is -3.90. The van der Waals surface area contributed by atoms with Crippen molar-refractivity contribution in [2.24, 2.45) is 9.50 Å². The van der Waals surface area contributed by atoms with Gasteiger partial charge in [-0.2, -0.15) is 18.6 Å². The molecular weight excluding hydrogens is 444 g/mol. The van der Waals surface area contributed by atoms with Gasteiger partial charge in [-0.25, -0.2) is 14.1 Å². The Hall–Kier alpha value is -2.57. The van der Waals surface area contributed by atoms with Crippen LogP contribution in [0, 0.1) is 0 Å². The molecule has 2 amide bonds. The Balaban J connectivity index is 1.52. The molecule has 1 aromatic carbocycles. The van der Waals surface area contributed by atoms with Crippen LogP contribution in [0.15, 0.2) is 15.5 Å². The zero-order chi connectivity index (χ0) is 22.6. The molecule has 12 heteroatoms. The van der Waals surface area contributed by atoms with Gasteiger partial charge in [0.2, 0.25) is 5.88 Å². The second-order valence-electron chi connectivity index (χ2n) is 8.22. The molecule has 0 saturated heterocycles. The van der Waals surface area contributed by atoms with Crippen LogP contribution in [0.3, 0.4) is 0 Å². The Labute approximate surface area is 183 Å². The van der Waals surface area contributed by atoms with Gasteiger partial charge in [0.15, 0.2) is 14.9 Å². The topological polar surface area (TPSA) is 132 Å². The Morgan fingerprint density at radius 2 is 2.06 bits per heavy atom. The van der Waals surface area contributed by atoms with E-state index in [1.807, 2.05) is 6.07 Å². The summed E-state index contributed by atoms with van der Waals surface area (Å²) in [6, 6.07) is 1.05. The lowest BCUT2D eigenvalue weighted by molar-refractivity contribution is 0.0432. The number of nitrogens with two attached hydrogens (primary N) is 1. The molecule has 2 aliphatic carbocycles. The van der Waals surface area contributed by atoms with Crippen LogP contribution in [0.5, 0.6) is 5.88 Å². The maximum Gasteiger partial charge on any atom is 0.354 e. The highest BCUT2D eigenvalue weighted by Gasteiger charge is 2.32. The normalized spacial score (nSPS) is 20.8. The summed E-state index contributed by atoms with van der Waals surface area (Å²) in [5.41, 5.74) is 4.45. The van der Waals surface area contributed by atoms with Gasteiger partial charge < -0.3 is 15.2 Å². The summed E-state index contributed by atoms with van der Waals surface area (Å²) in [7, 11) is -3.90. The van der Waals surface area contributed by atoms with E-state index in [0.29, 0.717) is 36.1 Å². The summed E-state index contributed by atoms with van der Waals surface area (Å²) in [5.74, 6) is -0.192. The predicted molar refractivity (Wildman–Crippen MR) is 111 cm³/mol. The van der Waals surface area contributed by atoms with Crippen LogP contribution in [-0.4, -0.2) is 31.7 Å². The van der Waals surface area contributed by atoms with Crippen molar-refractivity contribution in [2.75, 3.05) is 11.9 Å². The number of carbonyl (C=O) groups excluding carboxylic acids is 1. The molecule has 1 aliphatic heterocycles. The van der Waals surface area contributed by atoms with Crippen LogP contribution in [0.2, 0.25) is 0 Å². The number of hydrogen-bond acceptors (Lipinski definition) is 5. The smallest absolute Gasteiger partial charge is 0.354 e. The van der Waals surface area contributed by atoms with E-state index in [2.05, 4.69) is 14.8 Å². The van der Waals surface area contributed by atoms with E-state index in [1.54, 1.807) is 0 Å². The van der Waals surface area contributed by atoms with E-state index in [0.717, 1.165) is 41.5 Å². The first-order valence-electron chi connectivity index (χ1n) is 10.5. The van der Waals surface area contributed by atoms with Crippen molar-refractivity contribution in [1.82, 2.24) is 9.78 Å². The van der Waals surface area contributed by atoms with Gasteiger partial charge in [-0.15, -0.1) is 4.36 Å². The molecule has 4 N–H and O–H groups in total. The highest BCUT2D eigenvalue weighted by molar-refractivity contribution is 7.91. The highest BCUT2D eigenvalue weighted by Crippen LogP contribution is 2.42. The number of ether oxygens (including phenoxy) is 1. The number of amides is 2. The number of aromatic nitrogens is 2. The second-order valence-corrected chi connectivity index (χ2v) is 9.92. The summed E-state index contributed by atoms with van der Waals surface area (Å²) >= 11 is 0. The number of halogens is 2. The molecule has 0 bridgehead atoms. The number of urea groups is 1. The van der Waals surface area contributed by atoms with Crippen molar-refractivity contribution in [3.8, 4) is 5.88 Å². The van der Waals surface area contributed by atoms with Gasteiger partial charge in [0, 0.05) is 5.69 Å². The molecule has 0 radical (unpaired) electrons. The van der Waals surface area contributed by atoms with E-state index in [-0.39, 0.29) is 23.1 Å². The third-order valence-electron chi connectivity index (χ3n) is 6.21. The molecule has 32 heavy (non-hydrogen) atoms. The SMILES string of the molecule is NS(=O)(=NC(=O)Nc1c2c(cc3c1CCC3O)CCC2)c1nn(C(F)F)c2c1CCCO2. The number of anilines is 1. The lowest BCUT2D eigenvalue weighted by Crippen LogP contribution is -2.21. The molecule has 172 valence electrons. The Bertz CT molecular complexity index is 1240. The number of fused-ring (bicyclic) bond motifs is 3. The number of benzene rings is 1. The summed E-state index contributed by atoms with van der Waals surface area (Å²) < 4.78 is 49.1. The maximum absolute atomic E-state index is 13.3. The molecule has 0 spiro atoms. The minimum absolute atomic E-state index is 0.185. The maximum atomic E-state index is 13.3. The zero-order valence-corrected chi connectivity index (χ0v) is 18.0. The van der Waals surface area contributed by atoms with Gasteiger partial charge in [-0.05, 0) is 67.2 Å². The molecule has 9 nitrogen and oxygen atoms in total. The largest absolute Gasteiger partial charge is 0.477 e. The fraction of sp³-hybridized carbons (Fsp3) is 0.500. The summed E-state index contributed by atoms with van der Waals surface area (Å²) in [5, 5.41) is 22.2. The second kappa shape index (κ2) is 7.78. The van der Waals surface area contributed by atoms with Gasteiger partial charge in [0.05, 0.1) is 18.3 Å². The van der Waals surface area contributed by atoms with Gasteiger partial charge in [0.1, 0.15) is 0 Å². The lowest BCUT2D eigenvalue weighted by Gasteiger charge is -2.16. The van der Waals surface area contributed by atoms with Crippen LogP contribution in [0.4, 0.5) is 19.3 Å². The third-order valence-corrected chi connectivity index (χ3v) is 7.53.